The summed E-state index contributed by atoms with van der Waals surface area (Å²) in [5, 5.41) is 1.10. The Kier molecular flexibility index (Phi) is 3.41. The lowest BCUT2D eigenvalue weighted by molar-refractivity contribution is 0.0702. The quantitative estimate of drug-likeness (QED) is 0.730. The Morgan fingerprint density at radius 2 is 2.26 bits per heavy atom. The van der Waals surface area contributed by atoms with E-state index in [-0.39, 0.29) is 11.8 Å². The van der Waals surface area contributed by atoms with E-state index in [4.69, 9.17) is 4.42 Å². The summed E-state index contributed by atoms with van der Waals surface area (Å²) in [7, 11) is 1.98. The lowest BCUT2D eigenvalue weighted by atomic mass is 9.95. The lowest BCUT2D eigenvalue weighted by Gasteiger charge is -2.32. The number of aromatic nitrogens is 2. The number of likely N-dealkylation sites (tertiary alicyclic amines) is 1. The number of fused-ring (bicyclic) bond motifs is 1. The van der Waals surface area contributed by atoms with E-state index < -0.39 is 0 Å². The smallest absolute Gasteiger partial charge is 0.256 e. The standard InChI is InChI=1S/C18H19N3O2/c1-20-9-7-13-4-2-6-15(17(13)20)18(22)21-8-3-5-14(11-21)16-10-19-12-23-16/h2,4,6-7,9-10,12,14H,3,5,8,11H2,1H3. The van der Waals surface area contributed by atoms with Crippen LogP contribution in [-0.2, 0) is 7.05 Å². The third kappa shape index (κ3) is 2.42. The molecule has 2 aromatic heterocycles. The van der Waals surface area contributed by atoms with Gasteiger partial charge in [0.15, 0.2) is 6.39 Å². The number of aryl methyl sites for hydroxylation is 1. The maximum Gasteiger partial charge on any atom is 0.256 e. The molecule has 0 saturated carbocycles. The van der Waals surface area contributed by atoms with Crippen LogP contribution in [0, 0.1) is 0 Å². The molecule has 3 heterocycles. The first-order valence-corrected chi connectivity index (χ1v) is 7.96. The predicted octanol–water partition coefficient (Wildman–Crippen LogP) is 3.19. The fourth-order valence-electron chi connectivity index (χ4n) is 3.52. The molecule has 5 nitrogen and oxygen atoms in total. The number of benzene rings is 1. The highest BCUT2D eigenvalue weighted by atomic mass is 16.3. The Balaban J connectivity index is 1.64. The average molecular weight is 309 g/mol. The van der Waals surface area contributed by atoms with E-state index in [0.29, 0.717) is 6.54 Å². The first-order chi connectivity index (χ1) is 11.2. The van der Waals surface area contributed by atoms with E-state index in [1.54, 1.807) is 6.20 Å². The minimum Gasteiger partial charge on any atom is -0.448 e. The Labute approximate surface area is 134 Å². The summed E-state index contributed by atoms with van der Waals surface area (Å²) in [6.07, 6.45) is 7.24. The van der Waals surface area contributed by atoms with Gasteiger partial charge in [0.25, 0.3) is 5.91 Å². The van der Waals surface area contributed by atoms with Crippen LogP contribution in [0.25, 0.3) is 10.9 Å². The van der Waals surface area contributed by atoms with E-state index in [0.717, 1.165) is 41.6 Å². The fraction of sp³-hybridized carbons (Fsp3) is 0.333. The zero-order chi connectivity index (χ0) is 15.8. The number of piperidine rings is 1. The van der Waals surface area contributed by atoms with Crippen molar-refractivity contribution in [3.8, 4) is 0 Å². The summed E-state index contributed by atoms with van der Waals surface area (Å²) in [6.45, 7) is 1.49. The molecule has 0 spiro atoms. The maximum absolute atomic E-state index is 13.0. The van der Waals surface area contributed by atoms with Crippen LogP contribution < -0.4 is 0 Å². The monoisotopic (exact) mass is 309 g/mol. The Morgan fingerprint density at radius 3 is 3.09 bits per heavy atom. The maximum atomic E-state index is 13.0. The van der Waals surface area contributed by atoms with Gasteiger partial charge in [0.05, 0.1) is 17.3 Å². The molecule has 1 aliphatic heterocycles. The second-order valence-electron chi connectivity index (χ2n) is 6.16. The molecule has 0 N–H and O–H groups in total. The SMILES string of the molecule is Cn1ccc2cccc(C(=O)N3CCCC(c4cnco4)C3)c21. The van der Waals surface area contributed by atoms with Crippen LogP contribution >= 0.6 is 0 Å². The topological polar surface area (TPSA) is 51.3 Å². The molecule has 1 aliphatic rings. The van der Waals surface area contributed by atoms with E-state index in [9.17, 15) is 4.79 Å². The lowest BCUT2D eigenvalue weighted by Crippen LogP contribution is -2.39. The molecule has 1 aromatic carbocycles. The molecule has 1 atom stereocenters. The number of nitrogens with zero attached hydrogens (tertiary/aromatic N) is 3. The van der Waals surface area contributed by atoms with Crippen LogP contribution in [0.1, 0.15) is 34.9 Å². The van der Waals surface area contributed by atoms with E-state index >= 15 is 0 Å². The van der Waals surface area contributed by atoms with Crippen molar-refractivity contribution in [2.45, 2.75) is 18.8 Å². The number of oxazole rings is 1. The Bertz CT molecular complexity index is 835. The first-order valence-electron chi connectivity index (χ1n) is 7.96. The van der Waals surface area contributed by atoms with Gasteiger partial charge >= 0.3 is 0 Å². The molecule has 1 fully saturated rings. The summed E-state index contributed by atoms with van der Waals surface area (Å²) < 4.78 is 7.44. The van der Waals surface area contributed by atoms with Crippen molar-refractivity contribution < 1.29 is 9.21 Å². The molecule has 5 heteroatoms. The summed E-state index contributed by atoms with van der Waals surface area (Å²) >= 11 is 0. The third-order valence-corrected chi connectivity index (χ3v) is 4.69. The number of para-hydroxylation sites is 1. The van der Waals surface area contributed by atoms with E-state index in [1.807, 2.05) is 47.0 Å². The number of hydrogen-bond acceptors (Lipinski definition) is 3. The van der Waals surface area contributed by atoms with Gasteiger partial charge < -0.3 is 13.9 Å². The zero-order valence-electron chi connectivity index (χ0n) is 13.1. The normalized spacial score (nSPS) is 18.5. The number of amides is 1. The zero-order valence-corrected chi connectivity index (χ0v) is 13.1. The molecule has 1 unspecified atom stereocenters. The highest BCUT2D eigenvalue weighted by molar-refractivity contribution is 6.06. The Hall–Kier alpha value is -2.56. The van der Waals surface area contributed by atoms with Crippen LogP contribution in [0.15, 0.2) is 47.5 Å². The minimum absolute atomic E-state index is 0.0987. The molecule has 118 valence electrons. The molecular weight excluding hydrogens is 290 g/mol. The van der Waals surface area contributed by atoms with Crippen molar-refractivity contribution in [3.05, 3.63) is 54.4 Å². The predicted molar refractivity (Wildman–Crippen MR) is 87.3 cm³/mol. The number of carbonyl (C=O) groups is 1. The minimum atomic E-state index is 0.0987. The van der Waals surface area contributed by atoms with Gasteiger partial charge in [0.1, 0.15) is 5.76 Å². The summed E-state index contributed by atoms with van der Waals surface area (Å²) in [6, 6.07) is 7.95. The number of rotatable bonds is 2. The van der Waals surface area contributed by atoms with Crippen molar-refractivity contribution >= 4 is 16.8 Å². The molecule has 0 aliphatic carbocycles. The number of carbonyl (C=O) groups excluding carboxylic acids is 1. The van der Waals surface area contributed by atoms with Crippen LogP contribution in [0.5, 0.6) is 0 Å². The second kappa shape index (κ2) is 5.57. The van der Waals surface area contributed by atoms with Gasteiger partial charge in [-0.1, -0.05) is 12.1 Å². The van der Waals surface area contributed by atoms with Crippen LogP contribution in [0.4, 0.5) is 0 Å². The van der Waals surface area contributed by atoms with Gasteiger partial charge in [0, 0.05) is 37.6 Å². The highest BCUT2D eigenvalue weighted by Gasteiger charge is 2.28. The molecular formula is C18H19N3O2. The largest absolute Gasteiger partial charge is 0.448 e. The molecule has 0 bridgehead atoms. The molecule has 4 rings (SSSR count). The molecule has 1 amide bonds. The summed E-state index contributed by atoms with van der Waals surface area (Å²) in [4.78, 5) is 19.0. The summed E-state index contributed by atoms with van der Waals surface area (Å²) in [5.74, 6) is 1.21. The van der Waals surface area contributed by atoms with Gasteiger partial charge in [-0.05, 0) is 25.0 Å². The van der Waals surface area contributed by atoms with Gasteiger partial charge in [-0.2, -0.15) is 0 Å². The molecule has 1 saturated heterocycles. The van der Waals surface area contributed by atoms with Gasteiger partial charge in [-0.15, -0.1) is 0 Å². The molecule has 23 heavy (non-hydrogen) atoms. The van der Waals surface area contributed by atoms with Gasteiger partial charge in [0.2, 0.25) is 0 Å². The van der Waals surface area contributed by atoms with E-state index in [1.165, 1.54) is 6.39 Å². The van der Waals surface area contributed by atoms with Crippen molar-refractivity contribution in [1.29, 1.82) is 0 Å². The van der Waals surface area contributed by atoms with Crippen molar-refractivity contribution in [2.75, 3.05) is 13.1 Å². The highest BCUT2D eigenvalue weighted by Crippen LogP contribution is 2.28. The average Bonchev–Trinajstić information content (AvgIpc) is 3.25. The second-order valence-corrected chi connectivity index (χ2v) is 6.16. The van der Waals surface area contributed by atoms with Crippen molar-refractivity contribution in [3.63, 3.8) is 0 Å². The molecule has 0 radical (unpaired) electrons. The summed E-state index contributed by atoms with van der Waals surface area (Å²) in [5.41, 5.74) is 1.77. The first kappa shape index (κ1) is 14.1. The van der Waals surface area contributed by atoms with E-state index in [2.05, 4.69) is 4.98 Å². The van der Waals surface area contributed by atoms with Crippen LogP contribution in [0.3, 0.4) is 0 Å². The van der Waals surface area contributed by atoms with Gasteiger partial charge in [-0.3, -0.25) is 4.79 Å². The van der Waals surface area contributed by atoms with Crippen LogP contribution in [0.2, 0.25) is 0 Å². The van der Waals surface area contributed by atoms with Crippen molar-refractivity contribution in [2.24, 2.45) is 7.05 Å². The van der Waals surface area contributed by atoms with Crippen LogP contribution in [-0.4, -0.2) is 33.4 Å². The Morgan fingerprint density at radius 1 is 1.35 bits per heavy atom. The third-order valence-electron chi connectivity index (χ3n) is 4.69. The molecule has 3 aromatic rings. The number of hydrogen-bond donors (Lipinski definition) is 0. The van der Waals surface area contributed by atoms with Gasteiger partial charge in [-0.25, -0.2) is 4.98 Å². The van der Waals surface area contributed by atoms with Crippen molar-refractivity contribution in [1.82, 2.24) is 14.5 Å². The fourth-order valence-corrected chi connectivity index (χ4v) is 3.52.